The summed E-state index contributed by atoms with van der Waals surface area (Å²) < 4.78 is 1.90. The summed E-state index contributed by atoms with van der Waals surface area (Å²) in [6.45, 7) is 6.87. The van der Waals surface area contributed by atoms with Crippen LogP contribution in [0.1, 0.15) is 46.1 Å². The molecule has 5 rings (SSSR count). The van der Waals surface area contributed by atoms with E-state index in [-0.39, 0.29) is 17.0 Å². The minimum Gasteiger partial charge on any atom is -0.289 e. The number of aromatic nitrogens is 5. The van der Waals surface area contributed by atoms with Crippen molar-refractivity contribution in [2.45, 2.75) is 46.1 Å². The lowest BCUT2D eigenvalue weighted by Gasteiger charge is -2.39. The molecule has 1 aromatic carbocycles. The van der Waals surface area contributed by atoms with Crippen LogP contribution in [0.15, 0.2) is 65.8 Å². The number of benzene rings is 1. The Balaban J connectivity index is 1.68. The van der Waals surface area contributed by atoms with Crippen molar-refractivity contribution < 1.29 is 0 Å². The molecule has 4 aromatic rings. The highest BCUT2D eigenvalue weighted by Crippen LogP contribution is 2.44. The third-order valence-electron chi connectivity index (χ3n) is 6.34. The van der Waals surface area contributed by atoms with E-state index < -0.39 is 0 Å². The highest BCUT2D eigenvalue weighted by Gasteiger charge is 2.34. The molecule has 2 atom stereocenters. The molecule has 3 heterocycles. The van der Waals surface area contributed by atoms with E-state index in [2.05, 4.69) is 36.0 Å². The van der Waals surface area contributed by atoms with E-state index in [0.717, 1.165) is 29.6 Å². The summed E-state index contributed by atoms with van der Waals surface area (Å²) in [7, 11) is 0. The average Bonchev–Trinajstić information content (AvgIpc) is 3.27. The summed E-state index contributed by atoms with van der Waals surface area (Å²) in [5.74, 6) is 1.06. The van der Waals surface area contributed by atoms with Gasteiger partial charge in [-0.1, -0.05) is 39.0 Å². The molecule has 0 spiro atoms. The quantitative estimate of drug-likeness (QED) is 0.473. The van der Waals surface area contributed by atoms with Gasteiger partial charge in [-0.3, -0.25) is 19.4 Å². The zero-order valence-corrected chi connectivity index (χ0v) is 18.7. The zero-order chi connectivity index (χ0) is 22.3. The lowest BCUT2D eigenvalue weighted by Crippen LogP contribution is -2.34. The van der Waals surface area contributed by atoms with E-state index in [0.29, 0.717) is 17.5 Å². The van der Waals surface area contributed by atoms with Crippen LogP contribution in [0, 0.1) is 11.3 Å². The minimum atomic E-state index is -0.00776. The Labute approximate surface area is 187 Å². The molecule has 2 unspecified atom stereocenters. The van der Waals surface area contributed by atoms with Gasteiger partial charge in [-0.15, -0.1) is 0 Å². The van der Waals surface area contributed by atoms with Crippen molar-refractivity contribution in [2.75, 3.05) is 4.90 Å². The molecule has 164 valence electrons. The highest BCUT2D eigenvalue weighted by atomic mass is 16.1. The Morgan fingerprint density at radius 3 is 2.59 bits per heavy atom. The largest absolute Gasteiger partial charge is 0.289 e. The third-order valence-corrected chi connectivity index (χ3v) is 6.34. The fraction of sp³-hybridized carbons (Fsp3) is 0.360. The number of aromatic amines is 1. The molecule has 0 bridgehead atoms. The van der Waals surface area contributed by atoms with Gasteiger partial charge in [0.25, 0.3) is 5.56 Å². The van der Waals surface area contributed by atoms with Crippen LogP contribution in [0.5, 0.6) is 0 Å². The van der Waals surface area contributed by atoms with E-state index in [1.807, 2.05) is 52.1 Å². The van der Waals surface area contributed by atoms with Crippen molar-refractivity contribution in [2.24, 2.45) is 11.3 Å². The number of fused-ring (bicyclic) bond motifs is 1. The van der Waals surface area contributed by atoms with E-state index in [9.17, 15) is 4.79 Å². The second-order valence-electron chi connectivity index (χ2n) is 9.69. The Bertz CT molecular complexity index is 1280. The molecule has 1 aliphatic carbocycles. The van der Waals surface area contributed by atoms with Crippen molar-refractivity contribution in [3.05, 3.63) is 71.4 Å². The van der Waals surface area contributed by atoms with Gasteiger partial charge in [-0.2, -0.15) is 10.1 Å². The monoisotopic (exact) mass is 428 g/mol. The maximum atomic E-state index is 13.1. The van der Waals surface area contributed by atoms with Gasteiger partial charge in [-0.25, -0.2) is 4.98 Å². The minimum absolute atomic E-state index is 0.00776. The lowest BCUT2D eigenvalue weighted by molar-refractivity contribution is 0.137. The third kappa shape index (κ3) is 3.79. The topological polar surface area (TPSA) is 79.7 Å². The summed E-state index contributed by atoms with van der Waals surface area (Å²) in [6.07, 6.45) is 8.46. The summed E-state index contributed by atoms with van der Waals surface area (Å²) in [4.78, 5) is 24.7. The van der Waals surface area contributed by atoms with Gasteiger partial charge >= 0.3 is 0 Å². The Hall–Kier alpha value is -3.48. The lowest BCUT2D eigenvalue weighted by atomic mass is 9.70. The molecule has 0 aliphatic heterocycles. The SMILES string of the molecule is CC1CC(n2c(=O)ccc3cnc(N(c4ccccc4)c4cn[nH]c4)nc32)CC(C)(C)C1. The van der Waals surface area contributed by atoms with Crippen LogP contribution in [0.4, 0.5) is 17.3 Å². The molecule has 0 radical (unpaired) electrons. The molecule has 0 saturated heterocycles. The highest BCUT2D eigenvalue weighted by molar-refractivity contribution is 5.78. The van der Waals surface area contributed by atoms with Crippen LogP contribution in [-0.2, 0) is 0 Å². The molecule has 1 fully saturated rings. The van der Waals surface area contributed by atoms with Gasteiger partial charge in [0, 0.05) is 35.6 Å². The van der Waals surface area contributed by atoms with Crippen LogP contribution in [0.25, 0.3) is 11.0 Å². The fourth-order valence-electron chi connectivity index (χ4n) is 5.31. The number of pyridine rings is 1. The molecule has 7 nitrogen and oxygen atoms in total. The second kappa shape index (κ2) is 7.89. The van der Waals surface area contributed by atoms with E-state index in [1.54, 1.807) is 18.5 Å². The summed E-state index contributed by atoms with van der Waals surface area (Å²) >= 11 is 0. The maximum absolute atomic E-state index is 13.1. The van der Waals surface area contributed by atoms with E-state index >= 15 is 0 Å². The predicted octanol–water partition coefficient (Wildman–Crippen LogP) is 5.37. The first kappa shape index (κ1) is 20.4. The van der Waals surface area contributed by atoms with Crippen molar-refractivity contribution in [1.29, 1.82) is 0 Å². The first-order valence-electron chi connectivity index (χ1n) is 11.1. The maximum Gasteiger partial charge on any atom is 0.252 e. The van der Waals surface area contributed by atoms with Gasteiger partial charge in [0.05, 0.1) is 11.9 Å². The standard InChI is InChI=1S/C25H28N6O/c1-17-11-20(13-25(2,3)12-17)31-22(32)10-9-18-14-26-24(29-23(18)31)30(21-15-27-28-16-21)19-7-5-4-6-8-19/h4-10,14-17,20H,11-13H2,1-3H3,(H,27,28). The molecule has 1 N–H and O–H groups in total. The van der Waals surface area contributed by atoms with Crippen LogP contribution in [0.3, 0.4) is 0 Å². The molecule has 0 amide bonds. The van der Waals surface area contributed by atoms with Crippen LogP contribution < -0.4 is 10.5 Å². The van der Waals surface area contributed by atoms with Crippen LogP contribution in [-0.4, -0.2) is 24.7 Å². The summed E-state index contributed by atoms with van der Waals surface area (Å²) in [6, 6.07) is 13.5. The predicted molar refractivity (Wildman–Crippen MR) is 126 cm³/mol. The first-order chi connectivity index (χ1) is 15.4. The average molecular weight is 429 g/mol. The normalized spacial score (nSPS) is 20.3. The van der Waals surface area contributed by atoms with E-state index in [4.69, 9.17) is 4.98 Å². The molecular weight excluding hydrogens is 400 g/mol. The Morgan fingerprint density at radius 1 is 1.06 bits per heavy atom. The molecule has 1 saturated carbocycles. The number of para-hydroxylation sites is 1. The Kier molecular flexibility index (Phi) is 5.04. The number of hydrogen-bond donors (Lipinski definition) is 1. The van der Waals surface area contributed by atoms with Gasteiger partial charge in [0.2, 0.25) is 5.95 Å². The second-order valence-corrected chi connectivity index (χ2v) is 9.69. The van der Waals surface area contributed by atoms with E-state index in [1.165, 1.54) is 6.42 Å². The van der Waals surface area contributed by atoms with Gasteiger partial charge in [0.1, 0.15) is 5.65 Å². The van der Waals surface area contributed by atoms with Gasteiger partial charge in [0.15, 0.2) is 0 Å². The number of anilines is 3. The summed E-state index contributed by atoms with van der Waals surface area (Å²) in [5, 5.41) is 7.84. The molecule has 3 aromatic heterocycles. The Morgan fingerprint density at radius 2 is 1.88 bits per heavy atom. The number of nitrogens with one attached hydrogen (secondary N) is 1. The number of hydrogen-bond acceptors (Lipinski definition) is 5. The van der Waals surface area contributed by atoms with Crippen molar-refractivity contribution in [1.82, 2.24) is 24.7 Å². The molecule has 7 heteroatoms. The number of rotatable bonds is 4. The van der Waals surface area contributed by atoms with Gasteiger partial charge in [-0.05, 0) is 48.8 Å². The van der Waals surface area contributed by atoms with Crippen LogP contribution in [0.2, 0.25) is 0 Å². The summed E-state index contributed by atoms with van der Waals surface area (Å²) in [5.41, 5.74) is 2.61. The van der Waals surface area contributed by atoms with Crippen molar-refractivity contribution >= 4 is 28.4 Å². The van der Waals surface area contributed by atoms with Crippen LogP contribution >= 0.6 is 0 Å². The number of H-pyrrole nitrogens is 1. The van der Waals surface area contributed by atoms with Crippen molar-refractivity contribution in [3.63, 3.8) is 0 Å². The fourth-order valence-corrected chi connectivity index (χ4v) is 5.31. The smallest absolute Gasteiger partial charge is 0.252 e. The zero-order valence-electron chi connectivity index (χ0n) is 18.7. The molecule has 32 heavy (non-hydrogen) atoms. The first-order valence-corrected chi connectivity index (χ1v) is 11.1. The number of nitrogens with zero attached hydrogens (tertiary/aromatic N) is 5. The van der Waals surface area contributed by atoms with Crippen molar-refractivity contribution in [3.8, 4) is 0 Å². The molecular formula is C25H28N6O. The van der Waals surface area contributed by atoms with Gasteiger partial charge < -0.3 is 0 Å². The molecule has 1 aliphatic rings.